The molecule has 11 heavy (non-hydrogen) atoms. The molecule has 0 fully saturated rings. The van der Waals surface area contributed by atoms with Gasteiger partial charge in [0, 0.05) is 12.4 Å². The minimum atomic E-state index is 0.825. The molecular weight excluding hydrogens is 136 g/mol. The number of aromatic nitrogens is 2. The maximum Gasteiger partial charge on any atom is 0.0883 e. The molecule has 0 saturated carbocycles. The second-order valence-electron chi connectivity index (χ2n) is 2.03. The van der Waals surface area contributed by atoms with Crippen LogP contribution >= 0.6 is 0 Å². The monoisotopic (exact) mass is 146 g/mol. The van der Waals surface area contributed by atoms with Crippen molar-refractivity contribution in [3.05, 3.63) is 36.4 Å². The van der Waals surface area contributed by atoms with Gasteiger partial charge >= 0.3 is 0 Å². The van der Waals surface area contributed by atoms with Crippen LogP contribution < -0.4 is 0 Å². The van der Waals surface area contributed by atoms with Gasteiger partial charge in [-0.1, -0.05) is 12.7 Å². The Balaban J connectivity index is 3.11. The SMILES string of the molecule is C=Cc1nccnc1/C=C\C. The van der Waals surface area contributed by atoms with Gasteiger partial charge in [-0.15, -0.1) is 0 Å². The number of hydrogen-bond acceptors (Lipinski definition) is 2. The summed E-state index contributed by atoms with van der Waals surface area (Å²) in [6, 6.07) is 0. The molecule has 0 saturated heterocycles. The number of rotatable bonds is 2. The molecule has 0 aromatic carbocycles. The van der Waals surface area contributed by atoms with E-state index in [2.05, 4.69) is 16.5 Å². The fourth-order valence-corrected chi connectivity index (χ4v) is 0.803. The molecular formula is C9H10N2. The van der Waals surface area contributed by atoms with Crippen LogP contribution in [0.4, 0.5) is 0 Å². The summed E-state index contributed by atoms with van der Waals surface area (Å²) in [6.07, 6.45) is 8.86. The third kappa shape index (κ3) is 1.74. The highest BCUT2D eigenvalue weighted by molar-refractivity contribution is 5.57. The van der Waals surface area contributed by atoms with Gasteiger partial charge in [-0.25, -0.2) is 0 Å². The van der Waals surface area contributed by atoms with Crippen LogP contribution in [0.15, 0.2) is 25.0 Å². The van der Waals surface area contributed by atoms with Crippen molar-refractivity contribution >= 4 is 12.2 Å². The van der Waals surface area contributed by atoms with Gasteiger partial charge in [0.15, 0.2) is 0 Å². The Hall–Kier alpha value is -1.44. The minimum Gasteiger partial charge on any atom is -0.253 e. The van der Waals surface area contributed by atoms with Crippen LogP contribution in [0.1, 0.15) is 18.3 Å². The van der Waals surface area contributed by atoms with Crippen LogP contribution in [-0.2, 0) is 0 Å². The predicted octanol–water partition coefficient (Wildman–Crippen LogP) is 2.15. The summed E-state index contributed by atoms with van der Waals surface area (Å²) in [4.78, 5) is 8.20. The molecule has 0 atom stereocenters. The summed E-state index contributed by atoms with van der Waals surface area (Å²) >= 11 is 0. The second-order valence-corrected chi connectivity index (χ2v) is 2.03. The quantitative estimate of drug-likeness (QED) is 0.639. The Bertz CT molecular complexity index is 277. The average Bonchev–Trinajstić information content (AvgIpc) is 2.06. The van der Waals surface area contributed by atoms with E-state index in [-0.39, 0.29) is 0 Å². The van der Waals surface area contributed by atoms with Crippen molar-refractivity contribution in [2.45, 2.75) is 6.92 Å². The molecule has 56 valence electrons. The molecule has 2 nitrogen and oxygen atoms in total. The Morgan fingerprint density at radius 1 is 1.27 bits per heavy atom. The van der Waals surface area contributed by atoms with E-state index in [1.165, 1.54) is 0 Å². The fraction of sp³-hybridized carbons (Fsp3) is 0.111. The van der Waals surface area contributed by atoms with Crippen LogP contribution in [0.25, 0.3) is 12.2 Å². The minimum absolute atomic E-state index is 0.825. The topological polar surface area (TPSA) is 25.8 Å². The van der Waals surface area contributed by atoms with Gasteiger partial charge in [0.1, 0.15) is 0 Å². The van der Waals surface area contributed by atoms with Crippen molar-refractivity contribution in [1.29, 1.82) is 0 Å². The zero-order valence-corrected chi connectivity index (χ0v) is 6.49. The van der Waals surface area contributed by atoms with Gasteiger partial charge in [0.25, 0.3) is 0 Å². The van der Waals surface area contributed by atoms with Crippen molar-refractivity contribution in [3.8, 4) is 0 Å². The van der Waals surface area contributed by atoms with Crippen molar-refractivity contribution in [2.75, 3.05) is 0 Å². The molecule has 0 aliphatic rings. The second kappa shape index (κ2) is 3.66. The van der Waals surface area contributed by atoms with E-state index in [1.54, 1.807) is 18.5 Å². The molecule has 1 rings (SSSR count). The van der Waals surface area contributed by atoms with Gasteiger partial charge < -0.3 is 0 Å². The molecule has 0 amide bonds. The highest BCUT2D eigenvalue weighted by Crippen LogP contribution is 2.04. The zero-order chi connectivity index (χ0) is 8.10. The van der Waals surface area contributed by atoms with Crippen LogP contribution in [0.3, 0.4) is 0 Å². The maximum atomic E-state index is 4.12. The molecule has 1 aromatic heterocycles. The largest absolute Gasteiger partial charge is 0.253 e. The highest BCUT2D eigenvalue weighted by atomic mass is 14.8. The first-order valence-corrected chi connectivity index (χ1v) is 3.44. The number of allylic oxidation sites excluding steroid dienone is 1. The van der Waals surface area contributed by atoms with Crippen molar-refractivity contribution < 1.29 is 0 Å². The lowest BCUT2D eigenvalue weighted by Gasteiger charge is -1.95. The summed E-state index contributed by atoms with van der Waals surface area (Å²) in [5.74, 6) is 0. The lowest BCUT2D eigenvalue weighted by atomic mass is 10.3. The van der Waals surface area contributed by atoms with Crippen LogP contribution in [0.2, 0.25) is 0 Å². The van der Waals surface area contributed by atoms with E-state index >= 15 is 0 Å². The van der Waals surface area contributed by atoms with E-state index < -0.39 is 0 Å². The number of hydrogen-bond donors (Lipinski definition) is 0. The van der Waals surface area contributed by atoms with E-state index in [0.29, 0.717) is 0 Å². The standard InChI is InChI=1S/C9H10N2/c1-3-5-9-8(4-2)10-6-7-11-9/h3-7H,2H2,1H3/b5-3-. The van der Waals surface area contributed by atoms with Crippen molar-refractivity contribution in [3.63, 3.8) is 0 Å². The van der Waals surface area contributed by atoms with Gasteiger partial charge in [-0.3, -0.25) is 9.97 Å². The lowest BCUT2D eigenvalue weighted by molar-refractivity contribution is 1.16. The third-order valence-electron chi connectivity index (χ3n) is 1.27. The summed E-state index contributed by atoms with van der Waals surface area (Å²) in [6.45, 7) is 5.58. The third-order valence-corrected chi connectivity index (χ3v) is 1.27. The summed E-state index contributed by atoms with van der Waals surface area (Å²) in [5, 5.41) is 0. The normalized spacial score (nSPS) is 10.3. The van der Waals surface area contributed by atoms with Crippen molar-refractivity contribution in [2.24, 2.45) is 0 Å². The molecule has 0 N–H and O–H groups in total. The van der Waals surface area contributed by atoms with Crippen molar-refractivity contribution in [1.82, 2.24) is 9.97 Å². The summed E-state index contributed by atoms with van der Waals surface area (Å²) in [5.41, 5.74) is 1.69. The first-order chi connectivity index (χ1) is 5.38. The van der Waals surface area contributed by atoms with E-state index in [4.69, 9.17) is 0 Å². The first kappa shape index (κ1) is 7.66. The molecule has 0 unspecified atom stereocenters. The van der Waals surface area contributed by atoms with Crippen LogP contribution in [0, 0.1) is 0 Å². The molecule has 0 aliphatic carbocycles. The van der Waals surface area contributed by atoms with Gasteiger partial charge in [0.2, 0.25) is 0 Å². The highest BCUT2D eigenvalue weighted by Gasteiger charge is 1.93. The molecule has 0 bridgehead atoms. The Morgan fingerprint density at radius 2 is 1.91 bits per heavy atom. The molecule has 0 aliphatic heterocycles. The Kier molecular flexibility index (Phi) is 2.55. The summed E-state index contributed by atoms with van der Waals surface area (Å²) < 4.78 is 0. The van der Waals surface area contributed by atoms with E-state index in [9.17, 15) is 0 Å². The lowest BCUT2D eigenvalue weighted by Crippen LogP contribution is -1.88. The Morgan fingerprint density at radius 3 is 2.45 bits per heavy atom. The summed E-state index contributed by atoms with van der Waals surface area (Å²) in [7, 11) is 0. The van der Waals surface area contributed by atoms with Gasteiger partial charge in [-0.05, 0) is 19.1 Å². The van der Waals surface area contributed by atoms with E-state index in [1.807, 2.05) is 19.1 Å². The molecule has 2 heteroatoms. The predicted molar refractivity (Wildman–Crippen MR) is 46.8 cm³/mol. The van der Waals surface area contributed by atoms with Gasteiger partial charge in [0.05, 0.1) is 11.4 Å². The van der Waals surface area contributed by atoms with Crippen LogP contribution in [0.5, 0.6) is 0 Å². The van der Waals surface area contributed by atoms with E-state index in [0.717, 1.165) is 11.4 Å². The van der Waals surface area contributed by atoms with Crippen LogP contribution in [-0.4, -0.2) is 9.97 Å². The van der Waals surface area contributed by atoms with Gasteiger partial charge in [-0.2, -0.15) is 0 Å². The fourth-order valence-electron chi connectivity index (χ4n) is 0.803. The Labute approximate surface area is 66.3 Å². The molecule has 0 radical (unpaired) electrons. The first-order valence-electron chi connectivity index (χ1n) is 3.44. The molecule has 0 spiro atoms. The number of nitrogens with zero attached hydrogens (tertiary/aromatic N) is 2. The molecule has 1 heterocycles. The average molecular weight is 146 g/mol. The zero-order valence-electron chi connectivity index (χ0n) is 6.49. The maximum absolute atomic E-state index is 4.12. The smallest absolute Gasteiger partial charge is 0.0883 e. The molecule has 1 aromatic rings.